The van der Waals surface area contributed by atoms with Crippen molar-refractivity contribution in [1.82, 2.24) is 9.88 Å². The van der Waals surface area contributed by atoms with Gasteiger partial charge >= 0.3 is 6.09 Å². The first kappa shape index (κ1) is 16.8. The summed E-state index contributed by atoms with van der Waals surface area (Å²) >= 11 is 1.31. The number of thiazole rings is 1. The van der Waals surface area contributed by atoms with Gasteiger partial charge in [0.25, 0.3) is 5.91 Å². The van der Waals surface area contributed by atoms with E-state index in [0.29, 0.717) is 21.8 Å². The van der Waals surface area contributed by atoms with Gasteiger partial charge in [-0.1, -0.05) is 59.9 Å². The van der Waals surface area contributed by atoms with Gasteiger partial charge in [0.05, 0.1) is 10.2 Å². The summed E-state index contributed by atoms with van der Waals surface area (Å²) in [7, 11) is 0. The number of hydrogen-bond acceptors (Lipinski definition) is 5. The molecule has 5 rings (SSSR count). The Bertz CT molecular complexity index is 1470. The summed E-state index contributed by atoms with van der Waals surface area (Å²) in [5.41, 5.74) is 3.57. The second-order valence-corrected chi connectivity index (χ2v) is 9.04. The van der Waals surface area contributed by atoms with Gasteiger partial charge in [0, 0.05) is 25.0 Å². The third-order valence-corrected chi connectivity index (χ3v) is 6.70. The second kappa shape index (κ2) is 9.65. The molecule has 1 N–H and O–H groups in total. The highest BCUT2D eigenvalue weighted by molar-refractivity contribution is 7.22. The van der Waals surface area contributed by atoms with E-state index in [2.05, 4.69) is 10.3 Å². The average Bonchev–Trinajstić information content (AvgIpc) is 3.48. The molecule has 1 aliphatic rings. The lowest BCUT2D eigenvalue weighted by atomic mass is 10.1. The molecule has 0 radical (unpaired) electrons. The van der Waals surface area contributed by atoms with Crippen LogP contribution in [0.15, 0.2) is 72.8 Å². The van der Waals surface area contributed by atoms with E-state index in [1.165, 1.54) is 11.3 Å². The van der Waals surface area contributed by atoms with Gasteiger partial charge in [-0.2, -0.15) is 0 Å². The number of anilines is 1. The number of fused-ring (bicyclic) bond motifs is 2. The summed E-state index contributed by atoms with van der Waals surface area (Å²) in [4.78, 5) is 30.9. The van der Waals surface area contributed by atoms with Crippen molar-refractivity contribution < 1.29 is 21.2 Å². The predicted octanol–water partition coefficient (Wildman–Crippen LogP) is 5.67. The third-order valence-electron chi connectivity index (χ3n) is 5.76. The maximum absolute atomic E-state index is 13.2. The molecule has 1 aliphatic carbocycles. The van der Waals surface area contributed by atoms with Crippen LogP contribution >= 0.6 is 11.3 Å². The molecule has 0 bridgehead atoms. The Labute approximate surface area is 209 Å². The number of nitrogens with zero attached hydrogens (tertiary/aromatic N) is 2. The first-order valence-electron chi connectivity index (χ1n) is 13.3. The Balaban J connectivity index is 1.36. The van der Waals surface area contributed by atoms with Crippen LogP contribution in [0.2, 0.25) is 0 Å². The van der Waals surface area contributed by atoms with Crippen molar-refractivity contribution >= 4 is 38.7 Å². The minimum absolute atomic E-state index is 0.107. The number of carbonyl (C=O) groups excluding carboxylic acids is 2. The topological polar surface area (TPSA) is 71.5 Å². The third kappa shape index (κ3) is 4.65. The summed E-state index contributed by atoms with van der Waals surface area (Å²) in [6.07, 6.45) is -0.529. The van der Waals surface area contributed by atoms with Crippen molar-refractivity contribution in [2.45, 2.75) is 32.3 Å². The second-order valence-electron chi connectivity index (χ2n) is 8.01. The highest BCUT2D eigenvalue weighted by Gasteiger charge is 2.30. The van der Waals surface area contributed by atoms with Crippen LogP contribution in [0, 0.1) is 0 Å². The minimum Gasteiger partial charge on any atom is -0.445 e. The molecule has 4 aromatic rings. The van der Waals surface area contributed by atoms with Gasteiger partial charge < -0.3 is 9.64 Å². The molecule has 0 aliphatic heterocycles. The molecule has 34 heavy (non-hydrogen) atoms. The number of likely N-dealkylation sites (N-methyl/N-ethyl adjacent to an activating group) is 1. The maximum atomic E-state index is 13.2. The fourth-order valence-electron chi connectivity index (χ4n) is 4.09. The number of nitrogens with one attached hydrogen (secondary N) is 1. The molecule has 1 aromatic heterocycles. The Hall–Kier alpha value is -3.71. The van der Waals surface area contributed by atoms with E-state index in [-0.39, 0.29) is 25.4 Å². The molecule has 0 fully saturated rings. The van der Waals surface area contributed by atoms with Gasteiger partial charge in [-0.15, -0.1) is 0 Å². The normalized spacial score (nSPS) is 17.5. The van der Waals surface area contributed by atoms with Gasteiger partial charge in [0.15, 0.2) is 5.13 Å². The highest BCUT2D eigenvalue weighted by atomic mass is 32.1. The molecular weight excluding hydrogens is 446 g/mol. The summed E-state index contributed by atoms with van der Waals surface area (Å²) in [5, 5.41) is 3.26. The van der Waals surface area contributed by atoms with Crippen molar-refractivity contribution in [3.05, 3.63) is 95.1 Å². The quantitative estimate of drug-likeness (QED) is 0.389. The lowest BCUT2D eigenvalue weighted by Gasteiger charge is -2.26. The first-order chi connectivity index (χ1) is 18.5. The SMILES string of the molecule is [2H]C([2H])([2H])C([2H])([2H])N(C(=O)OCc1ccccc1)[C@@H]1Cc2cc3nc(NC(=O)c4ccccc4)sc3cc2C1. The number of aromatic nitrogens is 1. The molecule has 7 heteroatoms. The number of hydrogen-bond donors (Lipinski definition) is 1. The number of ether oxygens (including phenoxy) is 1. The minimum atomic E-state index is -3.08. The fraction of sp³-hybridized carbons (Fsp3) is 0.222. The Morgan fingerprint density at radius 2 is 1.82 bits per heavy atom. The van der Waals surface area contributed by atoms with Crippen LogP contribution in [-0.4, -0.2) is 34.4 Å². The molecule has 6 nitrogen and oxygen atoms in total. The monoisotopic (exact) mass is 476 g/mol. The van der Waals surface area contributed by atoms with Crippen LogP contribution < -0.4 is 5.32 Å². The zero-order valence-electron chi connectivity index (χ0n) is 23.2. The fourth-order valence-corrected chi connectivity index (χ4v) is 5.00. The van der Waals surface area contributed by atoms with Gasteiger partial charge in [-0.25, -0.2) is 9.78 Å². The molecule has 0 unspecified atom stereocenters. The molecule has 0 saturated carbocycles. The van der Waals surface area contributed by atoms with Crippen LogP contribution in [0.4, 0.5) is 9.93 Å². The summed E-state index contributed by atoms with van der Waals surface area (Å²) in [5.74, 6) is -0.265. The van der Waals surface area contributed by atoms with E-state index in [1.54, 1.807) is 48.5 Å². The average molecular weight is 477 g/mol. The largest absolute Gasteiger partial charge is 0.445 e. The number of benzene rings is 3. The zero-order chi connectivity index (χ0) is 27.8. The molecule has 0 saturated heterocycles. The van der Waals surface area contributed by atoms with Crippen LogP contribution in [0.3, 0.4) is 0 Å². The van der Waals surface area contributed by atoms with Crippen LogP contribution in [-0.2, 0) is 24.2 Å². The van der Waals surface area contributed by atoms with Crippen molar-refractivity contribution in [1.29, 1.82) is 0 Å². The molecule has 2 amide bonds. The number of carbonyl (C=O) groups is 2. The van der Waals surface area contributed by atoms with Gasteiger partial charge in [0.1, 0.15) is 6.61 Å². The van der Waals surface area contributed by atoms with Crippen LogP contribution in [0.1, 0.15) is 40.8 Å². The lowest BCUT2D eigenvalue weighted by Crippen LogP contribution is -2.41. The van der Waals surface area contributed by atoms with E-state index >= 15 is 0 Å². The van der Waals surface area contributed by atoms with Crippen molar-refractivity contribution in [2.75, 3.05) is 11.8 Å². The van der Waals surface area contributed by atoms with E-state index in [9.17, 15) is 9.59 Å². The van der Waals surface area contributed by atoms with Crippen LogP contribution in [0.25, 0.3) is 10.2 Å². The summed E-state index contributed by atoms with van der Waals surface area (Å²) in [6, 6.07) is 20.7. The Morgan fingerprint density at radius 3 is 2.56 bits per heavy atom. The molecule has 1 atom stereocenters. The van der Waals surface area contributed by atoms with E-state index in [4.69, 9.17) is 11.6 Å². The number of amides is 2. The van der Waals surface area contributed by atoms with E-state index in [1.807, 2.05) is 24.3 Å². The number of rotatable bonds is 6. The first-order valence-corrected chi connectivity index (χ1v) is 11.6. The molecule has 0 spiro atoms. The van der Waals surface area contributed by atoms with E-state index < -0.39 is 25.5 Å². The van der Waals surface area contributed by atoms with Gasteiger partial charge in [-0.05, 0) is 60.6 Å². The highest BCUT2D eigenvalue weighted by Crippen LogP contribution is 2.34. The van der Waals surface area contributed by atoms with Crippen molar-refractivity contribution in [3.8, 4) is 0 Å². The maximum Gasteiger partial charge on any atom is 0.410 e. The van der Waals surface area contributed by atoms with Gasteiger partial charge in [0.2, 0.25) is 0 Å². The van der Waals surface area contributed by atoms with Crippen LogP contribution in [0.5, 0.6) is 0 Å². The molecule has 1 heterocycles. The standard InChI is InChI=1S/C27H25N3O3S/c1-2-30(27(32)33-17-18-9-5-3-6-10-18)22-13-20-15-23-24(16-21(20)14-22)34-26(28-23)29-25(31)19-11-7-4-8-12-19/h3-12,15-16,22H,2,13-14,17H2,1H3,(H,28,29,31)/t22-/m1/s1/i1D3,2D2. The summed E-state index contributed by atoms with van der Waals surface area (Å²) < 4.78 is 46.3. The smallest absolute Gasteiger partial charge is 0.410 e. The Morgan fingerprint density at radius 1 is 1.12 bits per heavy atom. The van der Waals surface area contributed by atoms with Crippen molar-refractivity contribution in [2.24, 2.45) is 0 Å². The molecule has 172 valence electrons. The molecular formula is C27H25N3O3S. The predicted molar refractivity (Wildman–Crippen MR) is 134 cm³/mol. The Kier molecular flexibility index (Phi) is 4.78. The lowest BCUT2D eigenvalue weighted by molar-refractivity contribution is 0.0839. The summed E-state index contributed by atoms with van der Waals surface area (Å²) in [6.45, 7) is -6.14. The van der Waals surface area contributed by atoms with E-state index in [0.717, 1.165) is 20.7 Å². The van der Waals surface area contributed by atoms with Gasteiger partial charge in [-0.3, -0.25) is 10.1 Å². The van der Waals surface area contributed by atoms with Crippen molar-refractivity contribution in [3.63, 3.8) is 0 Å². The zero-order valence-corrected chi connectivity index (χ0v) is 19.0. The molecule has 3 aromatic carbocycles.